The lowest BCUT2D eigenvalue weighted by atomic mass is 9.79. The SMILES string of the molecule is CS(=O)(=O)c1cccc(C(=O)NCC2(N3CCCCC3)CCCCC2)c1. The van der Waals surface area contributed by atoms with E-state index in [1.165, 1.54) is 50.7 Å². The summed E-state index contributed by atoms with van der Waals surface area (Å²) in [6.07, 6.45) is 10.9. The fourth-order valence-electron chi connectivity index (χ4n) is 4.40. The zero-order valence-electron chi connectivity index (χ0n) is 15.7. The van der Waals surface area contributed by atoms with Crippen LogP contribution < -0.4 is 5.32 Å². The van der Waals surface area contributed by atoms with Crippen LogP contribution in [-0.4, -0.2) is 50.7 Å². The molecule has 0 bridgehead atoms. The number of hydrogen-bond donors (Lipinski definition) is 1. The summed E-state index contributed by atoms with van der Waals surface area (Å²) >= 11 is 0. The van der Waals surface area contributed by atoms with Gasteiger partial charge in [-0.05, 0) is 57.0 Å². The molecule has 144 valence electrons. The van der Waals surface area contributed by atoms with E-state index in [4.69, 9.17) is 0 Å². The van der Waals surface area contributed by atoms with Crippen molar-refractivity contribution in [2.24, 2.45) is 0 Å². The van der Waals surface area contributed by atoms with Crippen LogP contribution in [0.2, 0.25) is 0 Å². The van der Waals surface area contributed by atoms with Gasteiger partial charge in [0.2, 0.25) is 0 Å². The fourth-order valence-corrected chi connectivity index (χ4v) is 5.06. The molecule has 2 fully saturated rings. The number of nitrogens with one attached hydrogen (secondary N) is 1. The van der Waals surface area contributed by atoms with Gasteiger partial charge in [-0.15, -0.1) is 0 Å². The Morgan fingerprint density at radius 3 is 2.38 bits per heavy atom. The third kappa shape index (κ3) is 4.46. The van der Waals surface area contributed by atoms with Crippen LogP contribution in [0.3, 0.4) is 0 Å². The Morgan fingerprint density at radius 2 is 1.73 bits per heavy atom. The quantitative estimate of drug-likeness (QED) is 0.855. The monoisotopic (exact) mass is 378 g/mol. The van der Waals surface area contributed by atoms with Crippen molar-refractivity contribution in [1.29, 1.82) is 0 Å². The summed E-state index contributed by atoms with van der Waals surface area (Å²) in [6, 6.07) is 6.31. The van der Waals surface area contributed by atoms with Crippen LogP contribution in [0, 0.1) is 0 Å². The van der Waals surface area contributed by atoms with Crippen LogP contribution in [0.4, 0.5) is 0 Å². The highest BCUT2D eigenvalue weighted by atomic mass is 32.2. The molecule has 1 aliphatic heterocycles. The summed E-state index contributed by atoms with van der Waals surface area (Å²) in [7, 11) is -3.31. The van der Waals surface area contributed by atoms with Crippen LogP contribution in [0.5, 0.6) is 0 Å². The molecule has 1 N–H and O–H groups in total. The zero-order valence-corrected chi connectivity index (χ0v) is 16.5. The molecule has 2 aliphatic rings. The molecule has 1 aromatic rings. The molecule has 0 aromatic heterocycles. The van der Waals surface area contributed by atoms with Crippen molar-refractivity contribution in [3.63, 3.8) is 0 Å². The minimum Gasteiger partial charge on any atom is -0.350 e. The summed E-state index contributed by atoms with van der Waals surface area (Å²) in [5, 5.41) is 3.11. The average Bonchev–Trinajstić information content (AvgIpc) is 2.67. The number of carbonyl (C=O) groups excluding carboxylic acids is 1. The Bertz CT molecular complexity index is 733. The number of benzene rings is 1. The van der Waals surface area contributed by atoms with Crippen molar-refractivity contribution < 1.29 is 13.2 Å². The lowest BCUT2D eigenvalue weighted by molar-refractivity contribution is 0.0326. The van der Waals surface area contributed by atoms with Gasteiger partial charge in [0.1, 0.15) is 0 Å². The van der Waals surface area contributed by atoms with E-state index in [1.807, 2.05) is 0 Å². The molecule has 6 heteroatoms. The Balaban J connectivity index is 1.71. The van der Waals surface area contributed by atoms with Gasteiger partial charge in [0.25, 0.3) is 5.91 Å². The first-order chi connectivity index (χ1) is 12.4. The Morgan fingerprint density at radius 1 is 1.08 bits per heavy atom. The van der Waals surface area contributed by atoms with Crippen molar-refractivity contribution in [2.45, 2.75) is 61.8 Å². The molecule has 1 heterocycles. The number of sulfone groups is 1. The van der Waals surface area contributed by atoms with E-state index in [0.717, 1.165) is 32.2 Å². The van der Waals surface area contributed by atoms with Gasteiger partial charge >= 0.3 is 0 Å². The molecular weight excluding hydrogens is 348 g/mol. The summed E-state index contributed by atoms with van der Waals surface area (Å²) in [6.45, 7) is 2.90. The third-order valence-electron chi connectivity index (χ3n) is 5.91. The van der Waals surface area contributed by atoms with Crippen molar-refractivity contribution in [2.75, 3.05) is 25.9 Å². The number of piperidine rings is 1. The first-order valence-electron chi connectivity index (χ1n) is 9.74. The molecule has 1 aliphatic carbocycles. The molecule has 1 amide bonds. The first-order valence-corrected chi connectivity index (χ1v) is 11.6. The molecular formula is C20H30N2O3S. The summed E-state index contributed by atoms with van der Waals surface area (Å²) in [5.74, 6) is -0.183. The Hall–Kier alpha value is -1.40. The second kappa shape index (κ2) is 8.09. The Kier molecular flexibility index (Phi) is 6.03. The van der Waals surface area contributed by atoms with E-state index in [-0.39, 0.29) is 16.3 Å². The minimum atomic E-state index is -3.31. The minimum absolute atomic E-state index is 0.0722. The fraction of sp³-hybridized carbons (Fsp3) is 0.650. The molecule has 0 atom stereocenters. The van der Waals surface area contributed by atoms with Gasteiger partial charge in [0.05, 0.1) is 4.90 Å². The first kappa shape index (κ1) is 19.4. The highest BCUT2D eigenvalue weighted by Crippen LogP contribution is 2.35. The van der Waals surface area contributed by atoms with E-state index in [0.29, 0.717) is 12.1 Å². The van der Waals surface area contributed by atoms with Crippen molar-refractivity contribution in [3.8, 4) is 0 Å². The average molecular weight is 379 g/mol. The van der Waals surface area contributed by atoms with Crippen molar-refractivity contribution >= 4 is 15.7 Å². The second-order valence-corrected chi connectivity index (χ2v) is 9.83. The number of carbonyl (C=O) groups is 1. The largest absolute Gasteiger partial charge is 0.350 e. The molecule has 3 rings (SSSR count). The molecule has 0 radical (unpaired) electrons. The van der Waals surface area contributed by atoms with Crippen molar-refractivity contribution in [1.82, 2.24) is 10.2 Å². The standard InChI is InChI=1S/C20H30N2O3S/c1-26(24,25)18-10-8-9-17(15-18)19(23)21-16-20(11-4-2-5-12-20)22-13-6-3-7-14-22/h8-10,15H,2-7,11-14,16H2,1H3,(H,21,23). The maximum Gasteiger partial charge on any atom is 0.251 e. The van der Waals surface area contributed by atoms with Gasteiger partial charge in [-0.1, -0.05) is 31.7 Å². The lowest BCUT2D eigenvalue weighted by Crippen LogP contribution is -2.58. The molecule has 5 nitrogen and oxygen atoms in total. The maximum absolute atomic E-state index is 12.7. The number of rotatable bonds is 5. The van der Waals surface area contributed by atoms with Gasteiger partial charge in [0.15, 0.2) is 9.84 Å². The predicted molar refractivity (Wildman–Crippen MR) is 103 cm³/mol. The van der Waals surface area contributed by atoms with Gasteiger partial charge in [-0.25, -0.2) is 8.42 Å². The van der Waals surface area contributed by atoms with E-state index in [1.54, 1.807) is 12.1 Å². The predicted octanol–water partition coefficient (Wildman–Crippen LogP) is 3.01. The van der Waals surface area contributed by atoms with Gasteiger partial charge in [-0.3, -0.25) is 9.69 Å². The van der Waals surface area contributed by atoms with Crippen LogP contribution in [0.15, 0.2) is 29.2 Å². The van der Waals surface area contributed by atoms with Crippen LogP contribution in [0.1, 0.15) is 61.7 Å². The molecule has 0 unspecified atom stereocenters. The maximum atomic E-state index is 12.7. The van der Waals surface area contributed by atoms with E-state index in [9.17, 15) is 13.2 Å². The van der Waals surface area contributed by atoms with Crippen LogP contribution in [-0.2, 0) is 9.84 Å². The smallest absolute Gasteiger partial charge is 0.251 e. The molecule has 0 spiro atoms. The Labute approximate surface area is 157 Å². The summed E-state index contributed by atoms with van der Waals surface area (Å²) in [5.41, 5.74) is 0.487. The van der Waals surface area contributed by atoms with Crippen molar-refractivity contribution in [3.05, 3.63) is 29.8 Å². The zero-order chi connectivity index (χ0) is 18.6. The summed E-state index contributed by atoms with van der Waals surface area (Å²) < 4.78 is 23.5. The number of likely N-dealkylation sites (tertiary alicyclic amines) is 1. The molecule has 1 saturated carbocycles. The number of hydrogen-bond acceptors (Lipinski definition) is 4. The lowest BCUT2D eigenvalue weighted by Gasteiger charge is -2.48. The third-order valence-corrected chi connectivity index (χ3v) is 7.02. The van der Waals surface area contributed by atoms with Gasteiger partial charge in [0, 0.05) is 23.9 Å². The molecule has 26 heavy (non-hydrogen) atoms. The highest BCUT2D eigenvalue weighted by Gasteiger charge is 2.38. The molecule has 1 aromatic carbocycles. The normalized spacial score (nSPS) is 21.3. The molecule has 1 saturated heterocycles. The van der Waals surface area contributed by atoms with E-state index < -0.39 is 9.84 Å². The number of amides is 1. The topological polar surface area (TPSA) is 66.5 Å². The van der Waals surface area contributed by atoms with E-state index in [2.05, 4.69) is 10.2 Å². The van der Waals surface area contributed by atoms with E-state index >= 15 is 0 Å². The van der Waals surface area contributed by atoms with Crippen LogP contribution >= 0.6 is 0 Å². The second-order valence-electron chi connectivity index (χ2n) is 7.82. The van der Waals surface area contributed by atoms with Crippen LogP contribution in [0.25, 0.3) is 0 Å². The van der Waals surface area contributed by atoms with Gasteiger partial charge < -0.3 is 5.32 Å². The summed E-state index contributed by atoms with van der Waals surface area (Å²) in [4.78, 5) is 15.5. The highest BCUT2D eigenvalue weighted by molar-refractivity contribution is 7.90. The number of nitrogens with zero attached hydrogens (tertiary/aromatic N) is 1. The van der Waals surface area contributed by atoms with Gasteiger partial charge in [-0.2, -0.15) is 0 Å².